The predicted octanol–water partition coefficient (Wildman–Crippen LogP) is 5.03. The average Bonchev–Trinajstić information content (AvgIpc) is 2.81. The fourth-order valence-corrected chi connectivity index (χ4v) is 3.28. The van der Waals surface area contributed by atoms with Crippen molar-refractivity contribution in [2.24, 2.45) is 0 Å². The SMILES string of the molecule is CCN1Cc2c(Oc3ccc(NC(=O)Nc4ccc(OC)cc4)cc3F)ccnc2NC1=O. The number of methoxy groups -OCH3 is 1. The van der Waals surface area contributed by atoms with Crippen LogP contribution in [0.2, 0.25) is 0 Å². The number of anilines is 3. The number of halogens is 1. The van der Waals surface area contributed by atoms with Crippen LogP contribution in [0.15, 0.2) is 54.7 Å². The van der Waals surface area contributed by atoms with E-state index in [1.165, 1.54) is 18.3 Å². The van der Waals surface area contributed by atoms with Crippen molar-refractivity contribution in [1.82, 2.24) is 9.88 Å². The highest BCUT2D eigenvalue weighted by atomic mass is 19.1. The molecular weight excluding hydrogens is 429 g/mol. The molecule has 0 spiro atoms. The Morgan fingerprint density at radius 2 is 1.85 bits per heavy atom. The molecule has 4 amide bonds. The topological polar surface area (TPSA) is 105 Å². The molecule has 3 N–H and O–H groups in total. The third-order valence-corrected chi connectivity index (χ3v) is 5.01. The van der Waals surface area contributed by atoms with Crippen LogP contribution < -0.4 is 25.4 Å². The second-order valence-electron chi connectivity index (χ2n) is 7.14. The molecule has 0 fully saturated rings. The lowest BCUT2D eigenvalue weighted by atomic mass is 10.2. The summed E-state index contributed by atoms with van der Waals surface area (Å²) in [6.45, 7) is 2.66. The van der Waals surface area contributed by atoms with Crippen LogP contribution in [0.1, 0.15) is 12.5 Å². The minimum absolute atomic E-state index is 0.0236. The number of aromatic nitrogens is 1. The molecule has 0 aliphatic carbocycles. The first-order valence-electron chi connectivity index (χ1n) is 10.2. The molecule has 0 saturated carbocycles. The van der Waals surface area contributed by atoms with Gasteiger partial charge in [-0.15, -0.1) is 0 Å². The molecule has 170 valence electrons. The third-order valence-electron chi connectivity index (χ3n) is 5.01. The van der Waals surface area contributed by atoms with Crippen molar-refractivity contribution in [1.29, 1.82) is 0 Å². The lowest BCUT2D eigenvalue weighted by Crippen LogP contribution is -2.38. The van der Waals surface area contributed by atoms with Crippen LogP contribution in [0, 0.1) is 5.82 Å². The molecule has 3 aromatic rings. The highest BCUT2D eigenvalue weighted by molar-refractivity contribution is 5.99. The van der Waals surface area contributed by atoms with Gasteiger partial charge in [-0.25, -0.2) is 19.0 Å². The smallest absolute Gasteiger partial charge is 0.323 e. The molecule has 1 aromatic heterocycles. The van der Waals surface area contributed by atoms with Crippen LogP contribution in [0.25, 0.3) is 0 Å². The predicted molar refractivity (Wildman–Crippen MR) is 121 cm³/mol. The van der Waals surface area contributed by atoms with Crippen LogP contribution in [0.5, 0.6) is 17.2 Å². The second-order valence-corrected chi connectivity index (χ2v) is 7.14. The lowest BCUT2D eigenvalue weighted by molar-refractivity contribution is 0.209. The van der Waals surface area contributed by atoms with Gasteiger partial charge in [-0.05, 0) is 49.4 Å². The summed E-state index contributed by atoms with van der Waals surface area (Å²) in [5, 5.41) is 7.94. The summed E-state index contributed by atoms with van der Waals surface area (Å²) in [6, 6.07) is 11.8. The number of hydrogen-bond acceptors (Lipinski definition) is 5. The Kier molecular flexibility index (Phi) is 6.25. The lowest BCUT2D eigenvalue weighted by Gasteiger charge is -2.28. The normalized spacial score (nSPS) is 12.5. The zero-order valence-corrected chi connectivity index (χ0v) is 18.0. The molecule has 0 radical (unpaired) electrons. The van der Waals surface area contributed by atoms with Gasteiger partial charge in [0.15, 0.2) is 11.6 Å². The first kappa shape index (κ1) is 21.9. The molecule has 10 heteroatoms. The second kappa shape index (κ2) is 9.43. The van der Waals surface area contributed by atoms with E-state index in [1.807, 2.05) is 6.92 Å². The molecule has 9 nitrogen and oxygen atoms in total. The van der Waals surface area contributed by atoms with Crippen molar-refractivity contribution in [3.05, 3.63) is 66.1 Å². The standard InChI is InChI=1S/C23H22FN5O4/c1-3-29-13-17-19(10-11-25-21(17)28-23(29)31)33-20-9-6-15(12-18(20)24)27-22(30)26-14-4-7-16(32-2)8-5-14/h4-12H,3,13H2,1-2H3,(H,25,28,31)(H2,26,27,30). The minimum Gasteiger partial charge on any atom is -0.497 e. The van der Waals surface area contributed by atoms with Crippen molar-refractivity contribution in [2.45, 2.75) is 13.5 Å². The van der Waals surface area contributed by atoms with Gasteiger partial charge in [0, 0.05) is 30.2 Å². The van der Waals surface area contributed by atoms with Gasteiger partial charge >= 0.3 is 12.1 Å². The van der Waals surface area contributed by atoms with Crippen molar-refractivity contribution in [2.75, 3.05) is 29.6 Å². The number of rotatable bonds is 6. The summed E-state index contributed by atoms with van der Waals surface area (Å²) in [5.41, 5.74) is 1.47. The number of hydrogen-bond donors (Lipinski definition) is 3. The molecule has 2 heterocycles. The van der Waals surface area contributed by atoms with E-state index in [4.69, 9.17) is 9.47 Å². The van der Waals surface area contributed by atoms with Crippen molar-refractivity contribution in [3.63, 3.8) is 0 Å². The molecule has 33 heavy (non-hydrogen) atoms. The molecule has 2 aromatic carbocycles. The van der Waals surface area contributed by atoms with Crippen molar-refractivity contribution in [3.8, 4) is 17.2 Å². The Labute approximate surface area is 189 Å². The fraction of sp³-hybridized carbons (Fsp3) is 0.174. The zero-order valence-electron chi connectivity index (χ0n) is 18.0. The van der Waals surface area contributed by atoms with Gasteiger partial charge in [0.25, 0.3) is 0 Å². The highest BCUT2D eigenvalue weighted by Crippen LogP contribution is 2.34. The Morgan fingerprint density at radius 3 is 2.55 bits per heavy atom. The van der Waals surface area contributed by atoms with Gasteiger partial charge in [-0.1, -0.05) is 0 Å². The number of fused-ring (bicyclic) bond motifs is 1. The fourth-order valence-electron chi connectivity index (χ4n) is 3.28. The Morgan fingerprint density at radius 1 is 1.12 bits per heavy atom. The first-order chi connectivity index (χ1) is 16.0. The van der Waals surface area contributed by atoms with Crippen LogP contribution in [-0.4, -0.2) is 35.6 Å². The average molecular weight is 451 g/mol. The van der Waals surface area contributed by atoms with E-state index in [9.17, 15) is 14.0 Å². The van der Waals surface area contributed by atoms with Crippen LogP contribution in [0.4, 0.5) is 31.2 Å². The number of ether oxygens (including phenoxy) is 2. The van der Waals surface area contributed by atoms with E-state index in [0.717, 1.165) is 6.07 Å². The van der Waals surface area contributed by atoms with Gasteiger partial charge in [0.05, 0.1) is 19.2 Å². The Hall–Kier alpha value is -4.34. The van der Waals surface area contributed by atoms with Crippen LogP contribution >= 0.6 is 0 Å². The quantitative estimate of drug-likeness (QED) is 0.487. The van der Waals surface area contributed by atoms with E-state index >= 15 is 0 Å². The van der Waals surface area contributed by atoms with E-state index < -0.39 is 11.8 Å². The monoisotopic (exact) mass is 451 g/mol. The van der Waals surface area contributed by atoms with E-state index in [-0.39, 0.29) is 17.5 Å². The maximum atomic E-state index is 14.7. The number of amides is 4. The van der Waals surface area contributed by atoms with E-state index in [1.54, 1.807) is 42.3 Å². The Bertz CT molecular complexity index is 1190. The molecule has 0 saturated heterocycles. The largest absolute Gasteiger partial charge is 0.497 e. The molecular formula is C23H22FN5O4. The summed E-state index contributed by atoms with van der Waals surface area (Å²) >= 11 is 0. The highest BCUT2D eigenvalue weighted by Gasteiger charge is 2.25. The van der Waals surface area contributed by atoms with Gasteiger partial charge in [0.1, 0.15) is 17.3 Å². The zero-order chi connectivity index (χ0) is 23.4. The summed E-state index contributed by atoms with van der Waals surface area (Å²) in [7, 11) is 1.55. The maximum Gasteiger partial charge on any atom is 0.323 e. The van der Waals surface area contributed by atoms with E-state index in [0.29, 0.717) is 41.7 Å². The summed E-state index contributed by atoms with van der Waals surface area (Å²) in [5.74, 6) is 0.754. The van der Waals surface area contributed by atoms with Gasteiger partial charge in [-0.2, -0.15) is 0 Å². The minimum atomic E-state index is -0.657. The number of pyridine rings is 1. The maximum absolute atomic E-state index is 14.7. The van der Waals surface area contributed by atoms with Crippen LogP contribution in [-0.2, 0) is 6.54 Å². The number of carbonyl (C=O) groups is 2. The third kappa shape index (κ3) is 4.95. The summed E-state index contributed by atoms with van der Waals surface area (Å²) in [4.78, 5) is 30.0. The van der Waals surface area contributed by atoms with Crippen molar-refractivity contribution < 1.29 is 23.5 Å². The van der Waals surface area contributed by atoms with E-state index in [2.05, 4.69) is 20.9 Å². The molecule has 1 aliphatic heterocycles. The summed E-state index contributed by atoms with van der Waals surface area (Å²) < 4.78 is 25.6. The number of nitrogens with one attached hydrogen (secondary N) is 3. The Balaban J connectivity index is 1.45. The molecule has 0 atom stereocenters. The van der Waals surface area contributed by atoms with Gasteiger partial charge < -0.3 is 25.0 Å². The number of urea groups is 2. The van der Waals surface area contributed by atoms with Gasteiger partial charge in [-0.3, -0.25) is 5.32 Å². The van der Waals surface area contributed by atoms with Crippen molar-refractivity contribution >= 4 is 29.3 Å². The van der Waals surface area contributed by atoms with Crippen LogP contribution in [0.3, 0.4) is 0 Å². The number of benzene rings is 2. The molecule has 4 rings (SSSR count). The van der Waals surface area contributed by atoms with Gasteiger partial charge in [0.2, 0.25) is 0 Å². The molecule has 0 bridgehead atoms. The molecule has 0 unspecified atom stereocenters. The first-order valence-corrected chi connectivity index (χ1v) is 10.2. The number of nitrogens with zero attached hydrogens (tertiary/aromatic N) is 2. The number of carbonyl (C=O) groups excluding carboxylic acids is 2. The molecule has 1 aliphatic rings. The summed E-state index contributed by atoms with van der Waals surface area (Å²) in [6.07, 6.45) is 1.48.